The number of para-hydroxylation sites is 4. The zero-order valence-corrected chi connectivity index (χ0v) is 48.1. The van der Waals surface area contributed by atoms with Crippen molar-refractivity contribution in [3.05, 3.63) is 194 Å². The quantitative estimate of drug-likeness (QED) is 0.0949. The molecule has 0 bridgehead atoms. The molecular formula is C64H58N8O2Pt2-4. The van der Waals surface area contributed by atoms with Crippen LogP contribution in [0.15, 0.2) is 146 Å². The van der Waals surface area contributed by atoms with Crippen LogP contribution in [0, 0.1) is 36.9 Å². The number of pyridine rings is 2. The van der Waals surface area contributed by atoms with E-state index in [0.29, 0.717) is 34.4 Å². The molecule has 6 aromatic carbocycles. The molecule has 4 aromatic heterocycles. The van der Waals surface area contributed by atoms with Gasteiger partial charge in [-0.2, -0.15) is 35.4 Å². The average Bonchev–Trinajstić information content (AvgIpc) is 4.26. The van der Waals surface area contributed by atoms with Crippen molar-refractivity contribution in [1.82, 2.24) is 19.1 Å². The number of nitrogens with zero attached hydrogens (tertiary/aromatic N) is 8. The zero-order valence-electron chi connectivity index (χ0n) is 43.5. The summed E-state index contributed by atoms with van der Waals surface area (Å²) in [5.74, 6) is 2.02. The average molecular weight is 1360 g/mol. The molecular weight excluding hydrogens is 1300 g/mol. The van der Waals surface area contributed by atoms with Gasteiger partial charge in [0.15, 0.2) is 0 Å². The van der Waals surface area contributed by atoms with Gasteiger partial charge in [-0.05, 0) is 96.7 Å². The van der Waals surface area contributed by atoms with Gasteiger partial charge in [-0.1, -0.05) is 102 Å². The molecule has 76 heavy (non-hydrogen) atoms. The zero-order chi connectivity index (χ0) is 50.6. The molecule has 2 fully saturated rings. The fraction of sp³-hybridized carbons (Fsp3) is 0.250. The number of benzene rings is 6. The van der Waals surface area contributed by atoms with Crippen LogP contribution in [0.4, 0.5) is 11.4 Å². The Hall–Kier alpha value is -6.86. The molecule has 10 nitrogen and oxygen atoms in total. The van der Waals surface area contributed by atoms with Gasteiger partial charge in [-0.15, -0.1) is 47.8 Å². The van der Waals surface area contributed by atoms with Crippen molar-refractivity contribution in [2.75, 3.05) is 36.0 Å². The van der Waals surface area contributed by atoms with E-state index in [2.05, 4.69) is 226 Å². The maximum Gasteiger partial charge on any atom is 0.268 e. The van der Waals surface area contributed by atoms with Gasteiger partial charge in [-0.3, -0.25) is 9.13 Å². The van der Waals surface area contributed by atoms with Crippen LogP contribution in [-0.4, -0.2) is 45.3 Å². The van der Waals surface area contributed by atoms with Gasteiger partial charge in [-0.25, -0.2) is 0 Å². The Morgan fingerprint density at radius 3 is 1.24 bits per heavy atom. The van der Waals surface area contributed by atoms with E-state index in [9.17, 15) is 0 Å². The van der Waals surface area contributed by atoms with Gasteiger partial charge in [0.05, 0.1) is 33.4 Å². The largest absolute Gasteiger partial charge is 0.511 e. The third kappa shape index (κ3) is 10.8. The van der Waals surface area contributed by atoms with E-state index in [1.54, 1.807) is 24.5 Å². The molecule has 12 rings (SSSR count). The van der Waals surface area contributed by atoms with Crippen molar-refractivity contribution in [3.8, 4) is 57.1 Å². The fourth-order valence-corrected chi connectivity index (χ4v) is 10.1. The SMILES string of the molecule is CC(C)(C)c1cc(Oc2[c-]c(-c3[c-]c(Oc4[c-]c(-[n+]5[c-]n(-c6cccc(N7CCCC7)c6)c6ccccc65)cc(C(C)(C)C)c4)ccn3)ncc2)[c-]c(-[n+]2[c-]n(-c3cccc(N4CCCC4)c3)c3ccccc32)c1.[Pt].[Pt]. The normalized spacial score (nSPS) is 13.8. The van der Waals surface area contributed by atoms with Crippen LogP contribution in [0.2, 0.25) is 0 Å². The maximum atomic E-state index is 6.65. The summed E-state index contributed by atoms with van der Waals surface area (Å²) >= 11 is 0. The van der Waals surface area contributed by atoms with Gasteiger partial charge in [0, 0.05) is 103 Å². The minimum Gasteiger partial charge on any atom is -0.511 e. The van der Waals surface area contributed by atoms with Gasteiger partial charge < -0.3 is 38.4 Å². The number of anilines is 2. The molecule has 0 saturated carbocycles. The first-order valence-electron chi connectivity index (χ1n) is 25.8. The summed E-state index contributed by atoms with van der Waals surface area (Å²) in [6.45, 7) is 17.5. The van der Waals surface area contributed by atoms with Crippen LogP contribution >= 0.6 is 0 Å². The molecule has 0 N–H and O–H groups in total. The molecule has 0 unspecified atom stereocenters. The summed E-state index contributed by atoms with van der Waals surface area (Å²) in [5.41, 5.74) is 13.0. The molecule has 0 aliphatic carbocycles. The minimum absolute atomic E-state index is 0. The number of fused-ring (bicyclic) bond motifs is 2. The Morgan fingerprint density at radius 2 is 0.829 bits per heavy atom. The smallest absolute Gasteiger partial charge is 0.268 e. The summed E-state index contributed by atoms with van der Waals surface area (Å²) in [6.07, 6.45) is 15.7. The van der Waals surface area contributed by atoms with Crippen molar-refractivity contribution < 1.29 is 60.7 Å². The molecule has 390 valence electrons. The minimum atomic E-state index is -0.197. The Morgan fingerprint density at radius 1 is 0.434 bits per heavy atom. The Kier molecular flexibility index (Phi) is 15.0. The van der Waals surface area contributed by atoms with Crippen molar-refractivity contribution in [2.24, 2.45) is 0 Å². The maximum absolute atomic E-state index is 6.65. The van der Waals surface area contributed by atoms with Crippen LogP contribution in [-0.2, 0) is 53.0 Å². The second kappa shape index (κ2) is 21.6. The van der Waals surface area contributed by atoms with Crippen LogP contribution in [0.25, 0.3) is 56.2 Å². The van der Waals surface area contributed by atoms with Crippen LogP contribution in [0.1, 0.15) is 78.4 Å². The third-order valence-corrected chi connectivity index (χ3v) is 14.1. The van der Waals surface area contributed by atoms with Crippen LogP contribution in [0.3, 0.4) is 0 Å². The summed E-state index contributed by atoms with van der Waals surface area (Å²) < 4.78 is 21.7. The number of ether oxygens (including phenoxy) is 2. The van der Waals surface area contributed by atoms with Crippen LogP contribution < -0.4 is 28.4 Å². The molecule has 0 radical (unpaired) electrons. The number of hydrogen-bond donors (Lipinski definition) is 0. The van der Waals surface area contributed by atoms with Crippen molar-refractivity contribution in [1.29, 1.82) is 0 Å². The predicted octanol–water partition coefficient (Wildman–Crippen LogP) is 12.8. The third-order valence-electron chi connectivity index (χ3n) is 14.1. The molecule has 0 amide bonds. The van der Waals surface area contributed by atoms with E-state index in [1.165, 1.54) is 37.1 Å². The van der Waals surface area contributed by atoms with Crippen molar-refractivity contribution in [2.45, 2.75) is 78.1 Å². The molecule has 6 heterocycles. The van der Waals surface area contributed by atoms with Gasteiger partial charge in [0.25, 0.3) is 12.7 Å². The predicted molar refractivity (Wildman–Crippen MR) is 291 cm³/mol. The fourth-order valence-electron chi connectivity index (χ4n) is 10.1. The van der Waals surface area contributed by atoms with Crippen molar-refractivity contribution >= 4 is 33.4 Å². The van der Waals surface area contributed by atoms with E-state index in [-0.39, 0.29) is 53.0 Å². The van der Waals surface area contributed by atoms with Crippen molar-refractivity contribution in [3.63, 3.8) is 0 Å². The molecule has 2 aliphatic heterocycles. The number of imidazole rings is 2. The second-order valence-electron chi connectivity index (χ2n) is 21.5. The van der Waals surface area contributed by atoms with E-state index in [0.717, 1.165) is 82.1 Å². The Labute approximate surface area is 475 Å². The number of aromatic nitrogens is 6. The summed E-state index contributed by atoms with van der Waals surface area (Å²) in [6, 6.07) is 60.3. The first-order valence-corrected chi connectivity index (χ1v) is 25.8. The summed E-state index contributed by atoms with van der Waals surface area (Å²) in [7, 11) is 0. The first kappa shape index (κ1) is 52.6. The molecule has 2 saturated heterocycles. The van der Waals surface area contributed by atoms with E-state index in [4.69, 9.17) is 9.47 Å². The van der Waals surface area contributed by atoms with Gasteiger partial charge in [0.2, 0.25) is 0 Å². The summed E-state index contributed by atoms with van der Waals surface area (Å²) in [5, 5.41) is 0. The van der Waals surface area contributed by atoms with Gasteiger partial charge >= 0.3 is 0 Å². The topological polar surface area (TPSA) is 68.3 Å². The van der Waals surface area contributed by atoms with E-state index in [1.807, 2.05) is 12.1 Å². The number of rotatable bonds is 11. The standard InChI is InChI=1S/C64H58N8O2.2Pt/c1-63(2,3)45-33-51(71-43-69(59-21-7-9-23-61(59)71)49-19-15-17-47(37-49)67-29-11-12-30-67)39-55(35-45)73-53-25-27-65-57(41-53)58-42-54(26-28-66-58)74-56-36-46(64(4,5)6)34-52(40-56)72-44-70(60-22-8-10-24-62(60)72)50-20-16-18-48(38-50)68-31-13-14-32-68;;/h7-10,15-28,33-38H,11-14,29-32H2,1-6H3;;/q-4;;. The molecule has 12 heteroatoms. The van der Waals surface area contributed by atoms with Crippen LogP contribution in [0.5, 0.6) is 23.0 Å². The summed E-state index contributed by atoms with van der Waals surface area (Å²) in [4.78, 5) is 14.3. The molecule has 10 aromatic rings. The first-order chi connectivity index (χ1) is 35.9. The second-order valence-corrected chi connectivity index (χ2v) is 21.5. The molecule has 0 atom stereocenters. The monoisotopic (exact) mass is 1360 g/mol. The van der Waals surface area contributed by atoms with Gasteiger partial charge in [0.1, 0.15) is 0 Å². The molecule has 2 aliphatic rings. The van der Waals surface area contributed by atoms with E-state index < -0.39 is 0 Å². The van der Waals surface area contributed by atoms with E-state index >= 15 is 0 Å². The Balaban J connectivity index is 0.00000328. The Bertz CT molecular complexity index is 3470. The number of hydrogen-bond acceptors (Lipinski definition) is 6. The molecule has 0 spiro atoms.